The minimum Gasteiger partial charge on any atom is -0.440 e. The quantitative estimate of drug-likeness (QED) is 0.0796. The van der Waals surface area contributed by atoms with Gasteiger partial charge in [0.25, 0.3) is 0 Å². The Morgan fingerprint density at radius 3 is 1.45 bits per heavy atom. The monoisotopic (exact) mass is 1180 g/mol. The second-order valence-electron chi connectivity index (χ2n) is 15.9. The SMILES string of the molecule is Cc1nc(-c2ccc3c(c2)OC(F)(F)O3)c(-c2cc(Br)ccc2-c2cc(CS(=O)(=O)N(C)C)nn2C)o1.O=S(=O)=O.[CH2-]c1cc(-c2ccc(Br)cc2-c2oc(C)nc2-c2ccc3c(c2)OC(F)(F)O3)n(C)n1.[Na+]. The third-order valence-electron chi connectivity index (χ3n) is 10.6. The molecule has 0 radical (unpaired) electrons. The van der Waals surface area contributed by atoms with Gasteiger partial charge in [-0.2, -0.15) is 11.2 Å². The van der Waals surface area contributed by atoms with Crippen LogP contribution in [0.15, 0.2) is 103 Å². The van der Waals surface area contributed by atoms with E-state index in [0.29, 0.717) is 74.0 Å². The van der Waals surface area contributed by atoms with Crippen molar-refractivity contribution in [1.29, 1.82) is 0 Å². The van der Waals surface area contributed by atoms with Gasteiger partial charge >= 0.3 is 52.8 Å². The van der Waals surface area contributed by atoms with Crippen LogP contribution in [-0.2, 0) is 40.5 Å². The zero-order chi connectivity index (χ0) is 52.2. The molecule has 0 spiro atoms. The van der Waals surface area contributed by atoms with Crippen molar-refractivity contribution >= 4 is 52.5 Å². The molecule has 73 heavy (non-hydrogen) atoms. The number of aromatic nitrogens is 6. The molecule has 8 aromatic rings. The fraction of sp³-hybridized carbons (Fsp3) is 0.196. The van der Waals surface area contributed by atoms with E-state index in [9.17, 15) is 26.0 Å². The van der Waals surface area contributed by atoms with E-state index in [4.69, 9.17) is 21.5 Å². The summed E-state index contributed by atoms with van der Waals surface area (Å²) in [5.41, 5.74) is 7.42. The molecule has 0 atom stereocenters. The maximum absolute atomic E-state index is 13.6. The number of fused-ring (bicyclic) bond motifs is 2. The number of halogens is 6. The van der Waals surface area contributed by atoms with E-state index in [-0.39, 0.29) is 58.3 Å². The summed E-state index contributed by atoms with van der Waals surface area (Å²) in [4.78, 5) is 9.02. The first kappa shape index (κ1) is 54.8. The fourth-order valence-corrected chi connectivity index (χ4v) is 9.10. The van der Waals surface area contributed by atoms with E-state index in [1.54, 1.807) is 48.5 Å². The predicted molar refractivity (Wildman–Crippen MR) is 257 cm³/mol. The second kappa shape index (κ2) is 21.1. The van der Waals surface area contributed by atoms with Crippen molar-refractivity contribution in [2.45, 2.75) is 32.2 Å². The minimum absolute atomic E-state index is 0. The van der Waals surface area contributed by atoms with Crippen LogP contribution in [0.2, 0.25) is 0 Å². The number of nitrogens with zero attached hydrogens (tertiary/aromatic N) is 7. The summed E-state index contributed by atoms with van der Waals surface area (Å²) < 4.78 is 140. The number of alkyl halides is 4. The molecule has 27 heteroatoms. The zero-order valence-electron chi connectivity index (χ0n) is 39.2. The summed E-state index contributed by atoms with van der Waals surface area (Å²) in [6, 6.07) is 23.8. The topological polar surface area (TPSA) is 213 Å². The third kappa shape index (κ3) is 12.2. The van der Waals surface area contributed by atoms with Crippen molar-refractivity contribution in [3.05, 3.63) is 124 Å². The molecule has 0 unspecified atom stereocenters. The number of rotatable bonds is 9. The van der Waals surface area contributed by atoms with E-state index in [0.717, 1.165) is 30.1 Å². The van der Waals surface area contributed by atoms with Crippen LogP contribution >= 0.6 is 31.9 Å². The van der Waals surface area contributed by atoms with Gasteiger partial charge in [0.2, 0.25) is 10.0 Å². The van der Waals surface area contributed by atoms with Crippen LogP contribution in [0.5, 0.6) is 23.0 Å². The van der Waals surface area contributed by atoms with E-state index in [1.165, 1.54) is 38.4 Å². The van der Waals surface area contributed by atoms with Crippen LogP contribution in [0, 0.1) is 20.8 Å². The molecule has 0 aliphatic carbocycles. The molecule has 4 aromatic heterocycles. The summed E-state index contributed by atoms with van der Waals surface area (Å²) in [5.74, 6) is 1.15. The van der Waals surface area contributed by atoms with Crippen molar-refractivity contribution in [2.75, 3.05) is 14.1 Å². The summed E-state index contributed by atoms with van der Waals surface area (Å²) in [6.45, 7) is 7.30. The Morgan fingerprint density at radius 2 is 1.04 bits per heavy atom. The van der Waals surface area contributed by atoms with Crippen molar-refractivity contribution in [3.63, 3.8) is 0 Å². The van der Waals surface area contributed by atoms with Crippen molar-refractivity contribution in [1.82, 2.24) is 33.8 Å². The molecule has 0 fully saturated rings. The largest absolute Gasteiger partial charge is 1.00 e. The van der Waals surface area contributed by atoms with Crippen LogP contribution < -0.4 is 48.5 Å². The zero-order valence-corrected chi connectivity index (χ0v) is 46.0. The van der Waals surface area contributed by atoms with Crippen LogP contribution in [0.1, 0.15) is 23.2 Å². The van der Waals surface area contributed by atoms with Crippen LogP contribution in [0.25, 0.3) is 67.7 Å². The van der Waals surface area contributed by atoms with E-state index < -0.39 is 33.2 Å². The molecule has 0 amide bonds. The van der Waals surface area contributed by atoms with Gasteiger partial charge in [-0.25, -0.2) is 34.7 Å². The molecule has 0 bridgehead atoms. The third-order valence-corrected chi connectivity index (χ3v) is 13.3. The fourth-order valence-electron chi connectivity index (χ4n) is 7.60. The Hall–Kier alpha value is -6.00. The van der Waals surface area contributed by atoms with Crippen LogP contribution in [0.3, 0.4) is 0 Å². The Morgan fingerprint density at radius 1 is 0.630 bits per heavy atom. The van der Waals surface area contributed by atoms with Gasteiger partial charge in [-0.05, 0) is 78.0 Å². The molecule has 376 valence electrons. The Kier molecular flexibility index (Phi) is 15.8. The van der Waals surface area contributed by atoms with Gasteiger partial charge in [-0.1, -0.05) is 49.7 Å². The number of benzene rings is 4. The molecule has 10 rings (SSSR count). The molecule has 6 heterocycles. The number of hydrogen-bond acceptors (Lipinski definition) is 15. The smallest absolute Gasteiger partial charge is 0.440 e. The molecule has 0 saturated carbocycles. The first-order valence-corrected chi connectivity index (χ1v) is 24.9. The van der Waals surface area contributed by atoms with Gasteiger partial charge in [0, 0.05) is 78.8 Å². The predicted octanol–water partition coefficient (Wildman–Crippen LogP) is 7.18. The van der Waals surface area contributed by atoms with Crippen LogP contribution in [-0.4, -0.2) is 81.6 Å². The normalized spacial score (nSPS) is 13.7. The van der Waals surface area contributed by atoms with Gasteiger partial charge in [0.1, 0.15) is 17.1 Å². The summed E-state index contributed by atoms with van der Waals surface area (Å²) in [7, 11) is -0.132. The minimum atomic E-state index is -3.74. The second-order valence-corrected chi connectivity index (χ2v) is 20.3. The Bertz CT molecular complexity index is 3660. The average molecular weight is 1190 g/mol. The molecular formula is C46H36Br2F4N7NaO11S2. The van der Waals surface area contributed by atoms with Gasteiger partial charge in [0.05, 0.1) is 11.4 Å². The van der Waals surface area contributed by atoms with Gasteiger partial charge in [-0.15, -0.1) is 30.2 Å². The summed E-state index contributed by atoms with van der Waals surface area (Å²) in [5, 5.41) is 8.73. The summed E-state index contributed by atoms with van der Waals surface area (Å²) in [6.07, 6.45) is -7.43. The van der Waals surface area contributed by atoms with Crippen molar-refractivity contribution < 1.29 is 95.9 Å². The molecule has 2 aliphatic heterocycles. The maximum Gasteiger partial charge on any atom is 1.00 e. The Labute approximate surface area is 453 Å². The van der Waals surface area contributed by atoms with E-state index in [2.05, 4.69) is 77.9 Å². The first-order chi connectivity index (χ1) is 33.8. The number of sulfonamides is 1. The maximum atomic E-state index is 13.6. The molecular weight excluding hydrogens is 1150 g/mol. The first-order valence-electron chi connectivity index (χ1n) is 20.7. The van der Waals surface area contributed by atoms with Crippen LogP contribution in [0.4, 0.5) is 17.6 Å². The molecule has 18 nitrogen and oxygen atoms in total. The number of oxazole rings is 2. The van der Waals surface area contributed by atoms with E-state index >= 15 is 0 Å². The number of aryl methyl sites for hydroxylation is 4. The summed E-state index contributed by atoms with van der Waals surface area (Å²) >= 11 is 7.01. The van der Waals surface area contributed by atoms with Crippen molar-refractivity contribution in [2.24, 2.45) is 14.1 Å². The molecule has 4 aromatic carbocycles. The molecule has 0 N–H and O–H groups in total. The molecule has 0 saturated heterocycles. The standard InChI is InChI=1S/C24H21BrF2N4O5S.C22H15BrF2N3O3.Na.O3S/c1-13-28-22(14-5-8-20-21(9-14)36-24(26,27)35-20)23(34-13)18-10-15(25)6-7-17(18)19-11-16(29-31(19)4)12-37(32,33)30(2)3;1-11-8-17(28(3)27-11)15-6-5-14(23)10-16(15)21-20(26-12(2)29-21)13-4-7-18-19(9-13)31-22(24,25)30-18;;1-4(2)3/h5-11H,12H2,1-4H3;4-10H,1H2,2-3H3;;/q;-1;+1;. The van der Waals surface area contributed by atoms with Crippen molar-refractivity contribution in [3.8, 4) is 90.7 Å². The van der Waals surface area contributed by atoms with Gasteiger partial charge in [-0.3, -0.25) is 9.36 Å². The van der Waals surface area contributed by atoms with E-state index in [1.807, 2.05) is 49.5 Å². The van der Waals surface area contributed by atoms with Gasteiger partial charge < -0.3 is 27.8 Å². The average Bonchev–Trinajstić information content (AvgIpc) is 4.13. The molecule has 2 aliphatic rings. The Balaban J connectivity index is 0.000000199. The number of hydrogen-bond donors (Lipinski definition) is 0. The van der Waals surface area contributed by atoms with Gasteiger partial charge in [0.15, 0.2) is 46.3 Å². The number of ether oxygens (including phenoxy) is 4.